The highest BCUT2D eigenvalue weighted by Crippen LogP contribution is 2.45. The van der Waals surface area contributed by atoms with Gasteiger partial charge in [0.05, 0.1) is 33.8 Å². The van der Waals surface area contributed by atoms with Crippen LogP contribution in [0, 0.1) is 5.92 Å². The zero-order valence-electron chi connectivity index (χ0n) is 13.6. The number of carbonyl (C=O) groups excluding carboxylic acids is 2. The molecule has 11 nitrogen and oxygen atoms in total. The summed E-state index contributed by atoms with van der Waals surface area (Å²) >= 11 is 0. The van der Waals surface area contributed by atoms with Crippen LogP contribution in [0.1, 0.15) is 20.3 Å². The van der Waals surface area contributed by atoms with Crippen LogP contribution < -0.4 is 5.32 Å². The normalized spacial score (nSPS) is 25.0. The van der Waals surface area contributed by atoms with Crippen LogP contribution in [-0.2, 0) is 39.8 Å². The lowest BCUT2D eigenvalue weighted by Gasteiger charge is -2.45. The van der Waals surface area contributed by atoms with Crippen molar-refractivity contribution in [2.24, 2.45) is 5.92 Å². The third-order valence-corrected chi connectivity index (χ3v) is 5.65. The highest BCUT2D eigenvalue weighted by Gasteiger charge is 2.58. The van der Waals surface area contributed by atoms with Crippen molar-refractivity contribution in [3.8, 4) is 0 Å². The predicted octanol–water partition coefficient (Wildman–Crippen LogP) is -0.923. The van der Waals surface area contributed by atoms with Gasteiger partial charge in [-0.15, -0.1) is 0 Å². The topological polar surface area (TPSA) is 167 Å². The third-order valence-electron chi connectivity index (χ3n) is 3.87. The molecule has 2 unspecified atom stereocenters. The number of aliphatic carboxylic acids is 1. The van der Waals surface area contributed by atoms with Crippen LogP contribution in [0.2, 0.25) is 0 Å². The molecule has 0 aromatic heterocycles. The van der Waals surface area contributed by atoms with Crippen LogP contribution >= 0.6 is 0 Å². The molecule has 0 saturated carbocycles. The Bertz CT molecular complexity index is 846. The first-order valence-electron chi connectivity index (χ1n) is 7.23. The molecule has 2 amide bonds. The Labute approximate surface area is 151 Å². The summed E-state index contributed by atoms with van der Waals surface area (Å²) in [5.41, 5.74) is -0.443. The summed E-state index contributed by atoms with van der Waals surface area (Å²) in [5, 5.41) is 12.7. The van der Waals surface area contributed by atoms with Crippen LogP contribution in [0.5, 0.6) is 0 Å². The van der Waals surface area contributed by atoms with Crippen molar-refractivity contribution in [2.45, 2.75) is 32.4 Å². The summed E-state index contributed by atoms with van der Waals surface area (Å²) in [6.07, 6.45) is -0.200. The molecule has 0 radical (unpaired) electrons. The van der Waals surface area contributed by atoms with Gasteiger partial charge in [0.2, 0.25) is 11.8 Å². The molecule has 0 aromatic rings. The Morgan fingerprint density at radius 1 is 1.46 bits per heavy atom. The molecular weight excluding hydrogens is 392 g/mol. The van der Waals surface area contributed by atoms with E-state index in [-0.39, 0.29) is 11.3 Å². The highest BCUT2D eigenvalue weighted by molar-refractivity contribution is 7.91. The van der Waals surface area contributed by atoms with E-state index in [0.29, 0.717) is 0 Å². The van der Waals surface area contributed by atoms with E-state index < -0.39 is 62.7 Å². The molecule has 4 atom stereocenters. The highest BCUT2D eigenvalue weighted by atomic mass is 32.3. The van der Waals surface area contributed by atoms with E-state index in [1.807, 2.05) is 0 Å². The molecule has 2 aliphatic heterocycles. The fourth-order valence-electron chi connectivity index (χ4n) is 2.94. The number of fused-ring (bicyclic) bond motifs is 1. The lowest BCUT2D eigenvalue weighted by atomic mass is 9.83. The Balaban J connectivity index is 2.24. The van der Waals surface area contributed by atoms with Gasteiger partial charge < -0.3 is 15.3 Å². The maximum atomic E-state index is 12.3. The molecule has 0 spiro atoms. The number of rotatable bonds is 7. The van der Waals surface area contributed by atoms with Gasteiger partial charge in [-0.3, -0.25) is 14.1 Å². The quantitative estimate of drug-likeness (QED) is 0.356. The van der Waals surface area contributed by atoms with Crippen LogP contribution in [-0.4, -0.2) is 57.1 Å². The third kappa shape index (κ3) is 4.00. The fraction of sp³-hybridized carbons (Fsp3) is 0.462. The molecule has 2 aliphatic rings. The first kappa shape index (κ1) is 20.2. The van der Waals surface area contributed by atoms with Gasteiger partial charge in [0.15, 0.2) is 0 Å². The number of hydrogen-bond donors (Lipinski definition) is 3. The summed E-state index contributed by atoms with van der Waals surface area (Å²) < 4.78 is 47.1. The molecule has 2 heterocycles. The maximum Gasteiger partial charge on any atom is 0.397 e. The van der Waals surface area contributed by atoms with E-state index in [0.717, 1.165) is 16.5 Å². The summed E-state index contributed by atoms with van der Waals surface area (Å²) in [6.45, 7) is 2.48. The van der Waals surface area contributed by atoms with Gasteiger partial charge in [0.25, 0.3) is 0 Å². The van der Waals surface area contributed by atoms with Crippen LogP contribution in [0.15, 0.2) is 22.2 Å². The molecule has 1 fully saturated rings. The van der Waals surface area contributed by atoms with E-state index in [4.69, 9.17) is 4.55 Å². The van der Waals surface area contributed by atoms with Gasteiger partial charge in [-0.2, -0.15) is 8.42 Å². The predicted molar refractivity (Wildman–Crippen MR) is 86.6 cm³/mol. The van der Waals surface area contributed by atoms with Gasteiger partial charge >= 0.3 is 16.4 Å². The average Bonchev–Trinajstić information content (AvgIpc) is 2.80. The molecule has 0 bridgehead atoms. The second kappa shape index (κ2) is 7.26. The van der Waals surface area contributed by atoms with Gasteiger partial charge in [0.1, 0.15) is 5.70 Å². The second-order valence-corrected chi connectivity index (χ2v) is 8.02. The number of amides is 2. The number of hydrogen-bond acceptors (Lipinski definition) is 7. The molecule has 0 aromatic carbocycles. The second-order valence-electron chi connectivity index (χ2n) is 5.61. The molecule has 0 aliphatic carbocycles. The molecule has 13 heteroatoms. The van der Waals surface area contributed by atoms with Crippen molar-refractivity contribution < 1.29 is 40.9 Å². The van der Waals surface area contributed by atoms with Crippen molar-refractivity contribution in [1.82, 2.24) is 10.2 Å². The molecule has 1 saturated heterocycles. The zero-order valence-corrected chi connectivity index (χ0v) is 15.2. The largest absolute Gasteiger partial charge is 0.477 e. The standard InChI is InChI=1S/C13H16N2O9S2/c1-6(24-26(21,22)23)10-8-5-9(25(20)4-3-14-7(2)16)11(13(18)19)15(8)12(10)17/h3-4,6,8,10H,5H2,1-2H3,(H,14,16)(H,18,19)(H,21,22,23)/b4-3-/t6?,8-,10+,25?/m1/s1. The van der Waals surface area contributed by atoms with E-state index in [1.165, 1.54) is 13.8 Å². The van der Waals surface area contributed by atoms with E-state index in [2.05, 4.69) is 9.50 Å². The molecule has 2 rings (SSSR count). The van der Waals surface area contributed by atoms with Gasteiger partial charge in [-0.05, 0) is 6.92 Å². The first-order valence-corrected chi connectivity index (χ1v) is 9.81. The van der Waals surface area contributed by atoms with E-state index >= 15 is 0 Å². The summed E-state index contributed by atoms with van der Waals surface area (Å²) in [7, 11) is -6.71. The van der Waals surface area contributed by atoms with Crippen LogP contribution in [0.3, 0.4) is 0 Å². The minimum absolute atomic E-state index is 0.0426. The number of carboxylic acids is 1. The summed E-state index contributed by atoms with van der Waals surface area (Å²) in [4.78, 5) is 35.4. The van der Waals surface area contributed by atoms with Crippen molar-refractivity contribution >= 4 is 39.0 Å². The van der Waals surface area contributed by atoms with E-state index in [1.54, 1.807) is 0 Å². The number of carboxylic acid groups (broad SMARTS) is 1. The monoisotopic (exact) mass is 408 g/mol. The van der Waals surface area contributed by atoms with Gasteiger partial charge in [-0.1, -0.05) is 0 Å². The summed E-state index contributed by atoms with van der Waals surface area (Å²) in [6, 6.07) is -0.751. The van der Waals surface area contributed by atoms with Crippen LogP contribution in [0.4, 0.5) is 0 Å². The smallest absolute Gasteiger partial charge is 0.397 e. The van der Waals surface area contributed by atoms with E-state index in [9.17, 15) is 32.1 Å². The number of carbonyl (C=O) groups is 3. The van der Waals surface area contributed by atoms with Crippen molar-refractivity contribution in [1.29, 1.82) is 0 Å². The molecule has 3 N–H and O–H groups in total. The number of β-lactam (4-membered cyclic amide) rings is 1. The first-order chi connectivity index (χ1) is 11.9. The SMILES string of the molecule is CC(=O)N/C=C\S(=O)C1=C(C(=O)O)N2C(=O)[C@@H](C(C)OS(=O)(=O)O)[C@H]2C1. The number of nitrogens with one attached hydrogen (secondary N) is 1. The Hall–Kier alpha value is -2.09. The molecule has 144 valence electrons. The zero-order chi connectivity index (χ0) is 19.8. The summed E-state index contributed by atoms with van der Waals surface area (Å²) in [5.74, 6) is -3.59. The Morgan fingerprint density at radius 2 is 2.08 bits per heavy atom. The Morgan fingerprint density at radius 3 is 2.58 bits per heavy atom. The van der Waals surface area contributed by atoms with Crippen molar-refractivity contribution in [2.75, 3.05) is 0 Å². The van der Waals surface area contributed by atoms with Gasteiger partial charge in [-0.25, -0.2) is 13.2 Å². The fourth-order valence-corrected chi connectivity index (χ4v) is 4.51. The molecular formula is C13H16N2O9S2. The minimum Gasteiger partial charge on any atom is -0.477 e. The minimum atomic E-state index is -4.79. The van der Waals surface area contributed by atoms with Crippen molar-refractivity contribution in [3.63, 3.8) is 0 Å². The molecule has 26 heavy (non-hydrogen) atoms. The number of nitrogens with zero attached hydrogens (tertiary/aromatic N) is 1. The lowest BCUT2D eigenvalue weighted by molar-refractivity contribution is -0.160. The van der Waals surface area contributed by atoms with Gasteiger partial charge in [0, 0.05) is 25.0 Å². The van der Waals surface area contributed by atoms with Crippen molar-refractivity contribution in [3.05, 3.63) is 22.2 Å². The Kier molecular flexibility index (Phi) is 5.65. The average molecular weight is 408 g/mol. The lowest BCUT2D eigenvalue weighted by Crippen LogP contribution is -2.62. The van der Waals surface area contributed by atoms with Crippen LogP contribution in [0.25, 0.3) is 0 Å². The maximum absolute atomic E-state index is 12.3.